The summed E-state index contributed by atoms with van der Waals surface area (Å²) in [6.45, 7) is 6.63. The number of benzene rings is 2. The smallest absolute Gasteiger partial charge is 0.360 e. The van der Waals surface area contributed by atoms with Crippen molar-refractivity contribution in [2.75, 3.05) is 25.5 Å². The van der Waals surface area contributed by atoms with Gasteiger partial charge < -0.3 is 14.9 Å². The second-order valence-electron chi connectivity index (χ2n) is 9.49. The van der Waals surface area contributed by atoms with E-state index >= 15 is 0 Å². The van der Waals surface area contributed by atoms with Crippen molar-refractivity contribution in [1.29, 1.82) is 0 Å². The van der Waals surface area contributed by atoms with E-state index in [0.717, 1.165) is 5.56 Å². The summed E-state index contributed by atoms with van der Waals surface area (Å²) >= 11 is 0. The molecule has 2 N–H and O–H groups in total. The molecule has 5 aromatic rings. The molecule has 0 aliphatic heterocycles. The van der Waals surface area contributed by atoms with Crippen LogP contribution in [0.2, 0.25) is 0 Å². The Labute approximate surface area is 244 Å². The van der Waals surface area contributed by atoms with E-state index in [-0.39, 0.29) is 16.1 Å². The van der Waals surface area contributed by atoms with Gasteiger partial charge in [0.15, 0.2) is 5.65 Å². The summed E-state index contributed by atoms with van der Waals surface area (Å²) in [5.41, 5.74) is 6.60. The first kappa shape index (κ1) is 28.8. The Hall–Kier alpha value is -4.74. The second-order valence-corrected chi connectivity index (χ2v) is 11.3. The quantitative estimate of drug-likeness (QED) is 0.206. The number of carbonyl (C=O) groups is 1. The van der Waals surface area contributed by atoms with Gasteiger partial charge in [0.1, 0.15) is 17.1 Å². The van der Waals surface area contributed by atoms with Gasteiger partial charge in [0.25, 0.3) is 10.0 Å². The van der Waals surface area contributed by atoms with Crippen LogP contribution in [0.25, 0.3) is 33.3 Å². The highest BCUT2D eigenvalue weighted by atomic mass is 32.2. The number of rotatable bonds is 10. The number of pyridine rings is 2. The molecule has 3 aromatic heterocycles. The lowest BCUT2D eigenvalue weighted by Crippen LogP contribution is -2.21. The lowest BCUT2D eigenvalue weighted by molar-refractivity contribution is 0.0266. The molecule has 10 nitrogen and oxygen atoms in total. The summed E-state index contributed by atoms with van der Waals surface area (Å²) in [5, 5.41) is 3.67. The molecule has 0 radical (unpaired) electrons. The molecule has 11 heteroatoms. The molecule has 0 atom stereocenters. The molecule has 5 rings (SSSR count). The maximum absolute atomic E-state index is 13.8. The molecule has 0 spiro atoms. The molecular formula is C31H31N5O5S. The van der Waals surface area contributed by atoms with E-state index in [1.54, 1.807) is 56.0 Å². The number of nitrogens with zero attached hydrogens (tertiary/aromatic N) is 3. The molecule has 0 aliphatic carbocycles. The van der Waals surface area contributed by atoms with Gasteiger partial charge in [-0.25, -0.2) is 27.2 Å². The maximum atomic E-state index is 13.8. The Morgan fingerprint density at radius 2 is 1.64 bits per heavy atom. The van der Waals surface area contributed by atoms with Gasteiger partial charge in [-0.15, -0.1) is 0 Å². The van der Waals surface area contributed by atoms with Crippen molar-refractivity contribution < 1.29 is 22.8 Å². The fourth-order valence-electron chi connectivity index (χ4n) is 4.61. The highest BCUT2D eigenvalue weighted by molar-refractivity contribution is 7.90. The van der Waals surface area contributed by atoms with Crippen LogP contribution >= 0.6 is 0 Å². The predicted octanol–water partition coefficient (Wildman–Crippen LogP) is 5.43. The Balaban J connectivity index is 1.72. The van der Waals surface area contributed by atoms with Gasteiger partial charge in [0, 0.05) is 59.3 Å². The monoisotopic (exact) mass is 585 g/mol. The average Bonchev–Trinajstić information content (AvgIpc) is 3.40. The molecule has 3 heterocycles. The lowest BCUT2D eigenvalue weighted by atomic mass is 10.0. The molecule has 2 aromatic carbocycles. The zero-order valence-electron chi connectivity index (χ0n) is 23.7. The zero-order chi connectivity index (χ0) is 29.9. The van der Waals surface area contributed by atoms with Crippen LogP contribution in [0.1, 0.15) is 29.8 Å². The number of ether oxygens (including phenoxy) is 1. The fraction of sp³-hybridized carbons (Fsp3) is 0.194. The van der Waals surface area contributed by atoms with Crippen LogP contribution in [0.3, 0.4) is 0 Å². The Morgan fingerprint density at radius 1 is 0.929 bits per heavy atom. The van der Waals surface area contributed by atoms with Crippen LogP contribution in [-0.4, -0.2) is 48.5 Å². The largest absolute Gasteiger partial charge is 0.496 e. The second kappa shape index (κ2) is 12.0. The molecule has 0 unspecified atom stereocenters. The number of carbonyl (C=O) groups excluding carboxylic acids is 1. The number of hydroxylamine groups is 1. The summed E-state index contributed by atoms with van der Waals surface area (Å²) in [5.74, 6) is 0.393. The molecule has 0 bridgehead atoms. The molecule has 0 aliphatic rings. The van der Waals surface area contributed by atoms with Crippen molar-refractivity contribution in [3.05, 3.63) is 90.4 Å². The van der Waals surface area contributed by atoms with Crippen molar-refractivity contribution >= 4 is 32.8 Å². The highest BCUT2D eigenvalue weighted by Gasteiger charge is 2.25. The average molecular weight is 586 g/mol. The minimum absolute atomic E-state index is 0.148. The van der Waals surface area contributed by atoms with Crippen molar-refractivity contribution in [2.45, 2.75) is 25.7 Å². The standard InChI is InChI=1S/C31H31N5O5S/c1-5-32-29-26(31(37)41-35-6-2)16-22(17-33-29)21-15-25-27(24-9-7-8-10-28(24)40-4)19-36(30(25)34-18-21)42(38,39)23-13-11-20(3)12-14-23/h7-19,35H,5-6H2,1-4H3,(H,32,33). The van der Waals surface area contributed by atoms with Gasteiger partial charge in [-0.05, 0) is 51.1 Å². The van der Waals surface area contributed by atoms with Crippen LogP contribution in [0.4, 0.5) is 5.82 Å². The van der Waals surface area contributed by atoms with Crippen molar-refractivity contribution in [3.8, 4) is 28.0 Å². The molecule has 0 amide bonds. The first-order valence-corrected chi connectivity index (χ1v) is 14.9. The van der Waals surface area contributed by atoms with Gasteiger partial charge in [0.05, 0.1) is 12.0 Å². The van der Waals surface area contributed by atoms with E-state index in [1.165, 1.54) is 3.97 Å². The van der Waals surface area contributed by atoms with Crippen molar-refractivity contribution in [1.82, 2.24) is 19.4 Å². The van der Waals surface area contributed by atoms with Crippen LogP contribution in [0, 0.1) is 6.92 Å². The maximum Gasteiger partial charge on any atom is 0.360 e. The van der Waals surface area contributed by atoms with Gasteiger partial charge >= 0.3 is 5.97 Å². The van der Waals surface area contributed by atoms with Crippen LogP contribution in [-0.2, 0) is 14.9 Å². The third-order valence-electron chi connectivity index (χ3n) is 6.68. The number of aryl methyl sites for hydroxylation is 1. The van der Waals surface area contributed by atoms with E-state index in [9.17, 15) is 13.2 Å². The van der Waals surface area contributed by atoms with Crippen LogP contribution < -0.4 is 15.5 Å². The van der Waals surface area contributed by atoms with Gasteiger partial charge in [-0.3, -0.25) is 0 Å². The Morgan fingerprint density at radius 3 is 2.36 bits per heavy atom. The van der Waals surface area contributed by atoms with Crippen molar-refractivity contribution in [2.24, 2.45) is 0 Å². The summed E-state index contributed by atoms with van der Waals surface area (Å²) in [6.07, 6.45) is 4.77. The predicted molar refractivity (Wildman–Crippen MR) is 162 cm³/mol. The lowest BCUT2D eigenvalue weighted by Gasteiger charge is -2.12. The zero-order valence-corrected chi connectivity index (χ0v) is 24.5. The summed E-state index contributed by atoms with van der Waals surface area (Å²) in [6, 6.07) is 17.6. The number of methoxy groups -OCH3 is 1. The minimum atomic E-state index is -3.98. The van der Waals surface area contributed by atoms with Gasteiger partial charge in [-0.1, -0.05) is 35.9 Å². The van der Waals surface area contributed by atoms with Gasteiger partial charge in [-0.2, -0.15) is 5.48 Å². The normalized spacial score (nSPS) is 11.4. The van der Waals surface area contributed by atoms with E-state index in [4.69, 9.17) is 9.57 Å². The Kier molecular flexibility index (Phi) is 8.23. The number of fused-ring (bicyclic) bond motifs is 1. The number of hydrogen-bond acceptors (Lipinski definition) is 9. The number of anilines is 1. The molecule has 0 saturated carbocycles. The summed E-state index contributed by atoms with van der Waals surface area (Å²) in [7, 11) is -2.41. The third-order valence-corrected chi connectivity index (χ3v) is 8.35. The fourth-order valence-corrected chi connectivity index (χ4v) is 5.93. The first-order chi connectivity index (χ1) is 20.3. The number of hydrogen-bond donors (Lipinski definition) is 2. The molecule has 42 heavy (non-hydrogen) atoms. The van der Waals surface area contributed by atoms with E-state index in [1.807, 2.05) is 51.1 Å². The van der Waals surface area contributed by atoms with Crippen LogP contribution in [0.5, 0.6) is 5.75 Å². The molecule has 0 fully saturated rings. The van der Waals surface area contributed by atoms with Crippen LogP contribution in [0.15, 0.2) is 84.1 Å². The van der Waals surface area contributed by atoms with E-state index in [0.29, 0.717) is 52.3 Å². The summed E-state index contributed by atoms with van der Waals surface area (Å²) in [4.78, 5) is 27.2. The van der Waals surface area contributed by atoms with Crippen molar-refractivity contribution in [3.63, 3.8) is 0 Å². The molecular weight excluding hydrogens is 554 g/mol. The van der Waals surface area contributed by atoms with E-state index < -0.39 is 16.0 Å². The third kappa shape index (κ3) is 5.44. The Bertz CT molecular complexity index is 1870. The topological polar surface area (TPSA) is 124 Å². The van der Waals surface area contributed by atoms with E-state index in [2.05, 4.69) is 20.8 Å². The number of aromatic nitrogens is 3. The SMILES string of the molecule is CCNOC(=O)c1cc(-c2cnc3c(c2)c(-c2ccccc2OC)cn3S(=O)(=O)c2ccc(C)cc2)cnc1NCC. The highest BCUT2D eigenvalue weighted by Crippen LogP contribution is 2.38. The number of para-hydroxylation sites is 1. The summed E-state index contributed by atoms with van der Waals surface area (Å²) < 4.78 is 34.5. The number of nitrogens with one attached hydrogen (secondary N) is 2. The molecule has 216 valence electrons. The van der Waals surface area contributed by atoms with Gasteiger partial charge in [0.2, 0.25) is 0 Å². The minimum Gasteiger partial charge on any atom is -0.496 e. The first-order valence-electron chi connectivity index (χ1n) is 13.4. The molecule has 0 saturated heterocycles.